The second-order valence-electron chi connectivity index (χ2n) is 5.69. The molecule has 3 amide bonds. The molecule has 24 heavy (non-hydrogen) atoms. The fourth-order valence-electron chi connectivity index (χ4n) is 2.79. The third kappa shape index (κ3) is 3.51. The first-order valence-corrected chi connectivity index (χ1v) is 8.05. The maximum Gasteiger partial charge on any atom is 0.319 e. The summed E-state index contributed by atoms with van der Waals surface area (Å²) in [4.78, 5) is 23.7. The molecule has 0 saturated heterocycles. The van der Waals surface area contributed by atoms with Crippen molar-refractivity contribution in [3.8, 4) is 0 Å². The lowest BCUT2D eigenvalue weighted by Gasteiger charge is -2.23. The average Bonchev–Trinajstić information content (AvgIpc) is 3.03. The molecule has 0 bridgehead atoms. The van der Waals surface area contributed by atoms with E-state index >= 15 is 0 Å². The number of aromatic nitrogens is 2. The van der Waals surface area contributed by atoms with Crippen LogP contribution in [0.3, 0.4) is 0 Å². The van der Waals surface area contributed by atoms with Crippen LogP contribution in [0.4, 0.5) is 10.5 Å². The van der Waals surface area contributed by atoms with E-state index in [9.17, 15) is 9.59 Å². The van der Waals surface area contributed by atoms with E-state index in [1.54, 1.807) is 25.4 Å². The molecule has 4 N–H and O–H groups in total. The number of halogens is 1. The Kier molecular flexibility index (Phi) is 4.71. The Labute approximate surface area is 144 Å². The number of H-pyrrole nitrogens is 1. The highest BCUT2D eigenvalue weighted by atomic mass is 35.5. The van der Waals surface area contributed by atoms with E-state index < -0.39 is 0 Å². The van der Waals surface area contributed by atoms with Crippen LogP contribution in [0, 0.1) is 0 Å². The minimum Gasteiger partial charge on any atom is -0.355 e. The van der Waals surface area contributed by atoms with Crippen molar-refractivity contribution in [2.75, 3.05) is 12.4 Å². The van der Waals surface area contributed by atoms with Gasteiger partial charge in [0.05, 0.1) is 16.9 Å². The van der Waals surface area contributed by atoms with Crippen LogP contribution in [-0.4, -0.2) is 35.2 Å². The van der Waals surface area contributed by atoms with E-state index in [1.165, 1.54) is 6.07 Å². The highest BCUT2D eigenvalue weighted by molar-refractivity contribution is 6.34. The first kappa shape index (κ1) is 16.3. The molecule has 3 rings (SSSR count). The summed E-state index contributed by atoms with van der Waals surface area (Å²) in [6.07, 6.45) is 4.27. The van der Waals surface area contributed by atoms with Gasteiger partial charge >= 0.3 is 6.03 Å². The molecule has 0 aliphatic heterocycles. The van der Waals surface area contributed by atoms with E-state index in [2.05, 4.69) is 26.1 Å². The summed E-state index contributed by atoms with van der Waals surface area (Å²) in [6.45, 7) is 0. The average molecular weight is 348 g/mol. The van der Waals surface area contributed by atoms with Gasteiger partial charge in [-0.25, -0.2) is 4.79 Å². The van der Waals surface area contributed by atoms with Gasteiger partial charge in [-0.1, -0.05) is 11.6 Å². The van der Waals surface area contributed by atoms with Crippen molar-refractivity contribution >= 4 is 29.2 Å². The van der Waals surface area contributed by atoms with Crippen molar-refractivity contribution in [3.05, 3.63) is 46.2 Å². The molecule has 1 heterocycles. The Morgan fingerprint density at radius 3 is 2.96 bits per heavy atom. The van der Waals surface area contributed by atoms with Crippen LogP contribution >= 0.6 is 11.6 Å². The Bertz CT molecular complexity index is 774. The van der Waals surface area contributed by atoms with Crippen LogP contribution < -0.4 is 16.0 Å². The summed E-state index contributed by atoms with van der Waals surface area (Å²) in [6, 6.07) is 4.48. The van der Waals surface area contributed by atoms with Gasteiger partial charge in [-0.05, 0) is 43.0 Å². The predicted octanol–water partition coefficient (Wildman–Crippen LogP) is 2.10. The first-order chi connectivity index (χ1) is 11.6. The molecule has 2 aromatic rings. The maximum atomic E-state index is 12.2. The van der Waals surface area contributed by atoms with Gasteiger partial charge in [-0.15, -0.1) is 0 Å². The molecule has 0 saturated carbocycles. The Morgan fingerprint density at radius 2 is 2.21 bits per heavy atom. The minimum absolute atomic E-state index is 0.0546. The molecule has 8 heteroatoms. The zero-order valence-corrected chi connectivity index (χ0v) is 13.9. The third-order valence-electron chi connectivity index (χ3n) is 4.06. The van der Waals surface area contributed by atoms with Gasteiger partial charge in [-0.2, -0.15) is 5.10 Å². The third-order valence-corrected chi connectivity index (χ3v) is 4.37. The van der Waals surface area contributed by atoms with Crippen molar-refractivity contribution in [2.24, 2.45) is 0 Å². The molecule has 1 atom stereocenters. The standard InChI is InChI=1S/C16H18ClN5O2/c1-18-15(23)9-2-4-14(12(17)7-9)21-16(24)20-11-3-5-13-10(6-11)8-19-22-13/h2,4,7-8,11H,3,5-6H2,1H3,(H,18,23)(H,19,22)(H2,20,21,24)/t11-/m1/s1. The molecule has 126 valence electrons. The summed E-state index contributed by atoms with van der Waals surface area (Å²) >= 11 is 6.13. The molecule has 1 aromatic carbocycles. The zero-order valence-electron chi connectivity index (χ0n) is 13.1. The van der Waals surface area contributed by atoms with E-state index in [1.807, 2.05) is 0 Å². The van der Waals surface area contributed by atoms with Gasteiger partial charge in [0, 0.05) is 24.3 Å². The van der Waals surface area contributed by atoms with Gasteiger partial charge in [0.1, 0.15) is 0 Å². The van der Waals surface area contributed by atoms with Crippen molar-refractivity contribution < 1.29 is 9.59 Å². The van der Waals surface area contributed by atoms with Crippen LogP contribution in [0.15, 0.2) is 24.4 Å². The fraction of sp³-hybridized carbons (Fsp3) is 0.312. The fourth-order valence-corrected chi connectivity index (χ4v) is 3.01. The molecule has 0 radical (unpaired) electrons. The number of rotatable bonds is 3. The van der Waals surface area contributed by atoms with Gasteiger partial charge in [0.15, 0.2) is 0 Å². The number of urea groups is 1. The molecular formula is C16H18ClN5O2. The highest BCUT2D eigenvalue weighted by Crippen LogP contribution is 2.23. The molecule has 0 spiro atoms. The van der Waals surface area contributed by atoms with Crippen LogP contribution in [-0.2, 0) is 12.8 Å². The molecular weight excluding hydrogens is 330 g/mol. The van der Waals surface area contributed by atoms with Gasteiger partial charge in [0.25, 0.3) is 5.91 Å². The summed E-state index contributed by atoms with van der Waals surface area (Å²) in [5.41, 5.74) is 3.18. The SMILES string of the molecule is CNC(=O)c1ccc(NC(=O)N[C@@H]2CCc3[nH]ncc3C2)c(Cl)c1. The number of hydrogen-bond donors (Lipinski definition) is 4. The van der Waals surface area contributed by atoms with Gasteiger partial charge in [-0.3, -0.25) is 9.89 Å². The van der Waals surface area contributed by atoms with E-state index in [-0.39, 0.29) is 18.0 Å². The van der Waals surface area contributed by atoms with Gasteiger partial charge < -0.3 is 16.0 Å². The lowest BCUT2D eigenvalue weighted by atomic mass is 9.94. The molecule has 1 aromatic heterocycles. The Balaban J connectivity index is 1.60. The number of anilines is 1. The summed E-state index contributed by atoms with van der Waals surface area (Å²) in [5, 5.41) is 15.5. The van der Waals surface area contributed by atoms with Crippen LogP contribution in [0.5, 0.6) is 0 Å². The summed E-state index contributed by atoms with van der Waals surface area (Å²) < 4.78 is 0. The number of benzene rings is 1. The topological polar surface area (TPSA) is 98.9 Å². The summed E-state index contributed by atoms with van der Waals surface area (Å²) in [5.74, 6) is -0.231. The number of fused-ring (bicyclic) bond motifs is 1. The number of nitrogens with zero attached hydrogens (tertiary/aromatic N) is 1. The van der Waals surface area contributed by atoms with Gasteiger partial charge in [0.2, 0.25) is 0 Å². The summed E-state index contributed by atoms with van der Waals surface area (Å²) in [7, 11) is 1.55. The van der Waals surface area contributed by atoms with Crippen molar-refractivity contribution in [1.29, 1.82) is 0 Å². The van der Waals surface area contributed by atoms with Crippen molar-refractivity contribution in [2.45, 2.75) is 25.3 Å². The number of hydrogen-bond acceptors (Lipinski definition) is 3. The smallest absolute Gasteiger partial charge is 0.319 e. The molecule has 1 aliphatic rings. The molecule has 1 aliphatic carbocycles. The molecule has 0 unspecified atom stereocenters. The van der Waals surface area contributed by atoms with Crippen molar-refractivity contribution in [3.63, 3.8) is 0 Å². The quantitative estimate of drug-likeness (QED) is 0.684. The first-order valence-electron chi connectivity index (χ1n) is 7.67. The number of aromatic amines is 1. The molecule has 0 fully saturated rings. The number of aryl methyl sites for hydroxylation is 1. The number of carbonyl (C=O) groups is 2. The van der Waals surface area contributed by atoms with E-state index in [4.69, 9.17) is 11.6 Å². The maximum absolute atomic E-state index is 12.2. The zero-order chi connectivity index (χ0) is 17.1. The lowest BCUT2D eigenvalue weighted by Crippen LogP contribution is -2.41. The minimum atomic E-state index is -0.318. The number of amides is 3. The lowest BCUT2D eigenvalue weighted by molar-refractivity contribution is 0.0963. The second-order valence-corrected chi connectivity index (χ2v) is 6.09. The largest absolute Gasteiger partial charge is 0.355 e. The molecule has 7 nitrogen and oxygen atoms in total. The Hall–Kier alpha value is -2.54. The van der Waals surface area contributed by atoms with Crippen LogP contribution in [0.1, 0.15) is 28.0 Å². The monoisotopic (exact) mass is 347 g/mol. The van der Waals surface area contributed by atoms with E-state index in [0.717, 1.165) is 30.5 Å². The normalized spacial score (nSPS) is 16.2. The number of carbonyl (C=O) groups excluding carboxylic acids is 2. The Morgan fingerprint density at radius 1 is 1.38 bits per heavy atom. The van der Waals surface area contributed by atoms with Crippen LogP contribution in [0.2, 0.25) is 5.02 Å². The van der Waals surface area contributed by atoms with Crippen molar-refractivity contribution in [1.82, 2.24) is 20.8 Å². The second kappa shape index (κ2) is 6.92. The highest BCUT2D eigenvalue weighted by Gasteiger charge is 2.21. The predicted molar refractivity (Wildman–Crippen MR) is 91.4 cm³/mol. The number of nitrogens with one attached hydrogen (secondary N) is 4. The van der Waals surface area contributed by atoms with E-state index in [0.29, 0.717) is 16.3 Å². The van der Waals surface area contributed by atoms with Crippen LogP contribution in [0.25, 0.3) is 0 Å².